The topological polar surface area (TPSA) is 45.6 Å². The second-order valence-electron chi connectivity index (χ2n) is 6.91. The van der Waals surface area contributed by atoms with E-state index in [-0.39, 0.29) is 5.54 Å². The van der Waals surface area contributed by atoms with Gasteiger partial charge in [0.15, 0.2) is 5.96 Å². The van der Waals surface area contributed by atoms with Crippen molar-refractivity contribution in [1.82, 2.24) is 10.6 Å². The highest BCUT2D eigenvalue weighted by atomic mass is 16.5. The average Bonchev–Trinajstić information content (AvgIpc) is 2.22. The van der Waals surface area contributed by atoms with Crippen LogP contribution in [0.25, 0.3) is 0 Å². The highest BCUT2D eigenvalue weighted by Gasteiger charge is 2.59. The van der Waals surface area contributed by atoms with Gasteiger partial charge in [-0.3, -0.25) is 4.99 Å². The van der Waals surface area contributed by atoms with E-state index in [0.29, 0.717) is 17.6 Å². The molecule has 2 fully saturated rings. The van der Waals surface area contributed by atoms with E-state index in [2.05, 4.69) is 43.3 Å². The van der Waals surface area contributed by atoms with Crippen LogP contribution in [0.1, 0.15) is 53.4 Å². The van der Waals surface area contributed by atoms with Crippen molar-refractivity contribution in [3.05, 3.63) is 0 Å². The molecule has 1 spiro atoms. The highest BCUT2D eigenvalue weighted by molar-refractivity contribution is 5.81. The number of nitrogens with zero attached hydrogens (tertiary/aromatic N) is 1. The largest absolute Gasteiger partial charge is 0.378 e. The van der Waals surface area contributed by atoms with Gasteiger partial charge in [0.05, 0.1) is 6.10 Å². The summed E-state index contributed by atoms with van der Waals surface area (Å²) in [6.45, 7) is 9.38. The fourth-order valence-corrected chi connectivity index (χ4v) is 3.32. The third kappa shape index (κ3) is 2.88. The van der Waals surface area contributed by atoms with E-state index in [1.54, 1.807) is 0 Å². The first kappa shape index (κ1) is 14.6. The molecule has 2 atom stereocenters. The predicted octanol–water partition coefficient (Wildman–Crippen LogP) is 2.30. The summed E-state index contributed by atoms with van der Waals surface area (Å²) in [6.07, 6.45) is 5.49. The molecule has 0 heterocycles. The van der Waals surface area contributed by atoms with E-state index in [1.807, 2.05) is 7.05 Å². The molecule has 19 heavy (non-hydrogen) atoms. The Morgan fingerprint density at radius 3 is 2.47 bits per heavy atom. The molecule has 2 unspecified atom stereocenters. The average molecular weight is 267 g/mol. The first-order valence-corrected chi connectivity index (χ1v) is 7.54. The van der Waals surface area contributed by atoms with Crippen LogP contribution >= 0.6 is 0 Å². The Morgan fingerprint density at radius 1 is 1.37 bits per heavy atom. The van der Waals surface area contributed by atoms with Crippen molar-refractivity contribution >= 4 is 5.96 Å². The van der Waals surface area contributed by atoms with Gasteiger partial charge in [-0.05, 0) is 47.0 Å². The summed E-state index contributed by atoms with van der Waals surface area (Å²) in [5.74, 6) is 0.915. The Hall–Kier alpha value is -0.770. The zero-order valence-electron chi connectivity index (χ0n) is 13.0. The molecule has 2 N–H and O–H groups in total. The van der Waals surface area contributed by atoms with E-state index < -0.39 is 0 Å². The lowest BCUT2D eigenvalue weighted by Gasteiger charge is -2.61. The Bertz CT molecular complexity index is 342. The highest BCUT2D eigenvalue weighted by Crippen LogP contribution is 2.57. The van der Waals surface area contributed by atoms with Crippen LogP contribution in [-0.4, -0.2) is 37.3 Å². The molecule has 2 saturated carbocycles. The van der Waals surface area contributed by atoms with Gasteiger partial charge in [-0.25, -0.2) is 0 Å². The maximum Gasteiger partial charge on any atom is 0.191 e. The molecule has 0 aromatic heterocycles. The van der Waals surface area contributed by atoms with Crippen molar-refractivity contribution < 1.29 is 4.74 Å². The maximum atomic E-state index is 5.88. The molecule has 0 aromatic rings. The van der Waals surface area contributed by atoms with Gasteiger partial charge in [-0.2, -0.15) is 0 Å². The van der Waals surface area contributed by atoms with E-state index >= 15 is 0 Å². The SMILES string of the molecule is CCOC1CC(NC(=NC)NC(C)(C)C)C12CCC2. The first-order valence-electron chi connectivity index (χ1n) is 7.54. The van der Waals surface area contributed by atoms with Crippen LogP contribution in [0.2, 0.25) is 0 Å². The molecule has 110 valence electrons. The summed E-state index contributed by atoms with van der Waals surface area (Å²) >= 11 is 0. The number of hydrogen-bond donors (Lipinski definition) is 2. The van der Waals surface area contributed by atoms with Crippen LogP contribution in [0.15, 0.2) is 4.99 Å². The molecule has 0 bridgehead atoms. The van der Waals surface area contributed by atoms with Gasteiger partial charge in [-0.15, -0.1) is 0 Å². The predicted molar refractivity (Wildman–Crippen MR) is 79.5 cm³/mol. The van der Waals surface area contributed by atoms with Crippen molar-refractivity contribution in [2.75, 3.05) is 13.7 Å². The Labute approximate surface area is 117 Å². The summed E-state index contributed by atoms with van der Waals surface area (Å²) in [6, 6.07) is 0.520. The van der Waals surface area contributed by atoms with Gasteiger partial charge in [0, 0.05) is 30.7 Å². The van der Waals surface area contributed by atoms with Gasteiger partial charge in [-0.1, -0.05) is 6.42 Å². The molecule has 2 aliphatic carbocycles. The second-order valence-corrected chi connectivity index (χ2v) is 6.91. The molecule has 2 aliphatic rings. The minimum absolute atomic E-state index is 0.0394. The fraction of sp³-hybridized carbons (Fsp3) is 0.933. The lowest BCUT2D eigenvalue weighted by molar-refractivity contribution is -0.168. The van der Waals surface area contributed by atoms with E-state index in [0.717, 1.165) is 19.0 Å². The van der Waals surface area contributed by atoms with Gasteiger partial charge in [0.2, 0.25) is 0 Å². The molecule has 0 aliphatic heterocycles. The molecule has 0 amide bonds. The molecule has 0 radical (unpaired) electrons. The van der Waals surface area contributed by atoms with Crippen LogP contribution in [0.4, 0.5) is 0 Å². The lowest BCUT2D eigenvalue weighted by Crippen LogP contribution is -2.69. The van der Waals surface area contributed by atoms with Crippen LogP contribution in [0.3, 0.4) is 0 Å². The number of hydrogen-bond acceptors (Lipinski definition) is 2. The van der Waals surface area contributed by atoms with Crippen molar-refractivity contribution in [2.45, 2.75) is 71.1 Å². The summed E-state index contributed by atoms with van der Waals surface area (Å²) in [4.78, 5) is 4.34. The summed E-state index contributed by atoms with van der Waals surface area (Å²) in [7, 11) is 1.84. The first-order chi connectivity index (χ1) is 8.91. The molecule has 0 aromatic carbocycles. The number of guanidine groups is 1. The molecular weight excluding hydrogens is 238 g/mol. The number of rotatable bonds is 3. The van der Waals surface area contributed by atoms with E-state index in [1.165, 1.54) is 19.3 Å². The summed E-state index contributed by atoms with van der Waals surface area (Å²) in [5, 5.41) is 7.04. The summed E-state index contributed by atoms with van der Waals surface area (Å²) < 4.78 is 5.88. The molecular formula is C15H29N3O. The van der Waals surface area contributed by atoms with Crippen LogP contribution in [0.5, 0.6) is 0 Å². The standard InChI is InChI=1S/C15H29N3O/c1-6-19-12-10-11(15(12)8-7-9-15)17-13(16-5)18-14(2,3)4/h11-12H,6-10H2,1-5H3,(H2,16,17,18). The normalized spacial score (nSPS) is 29.6. The lowest BCUT2D eigenvalue weighted by atomic mass is 9.51. The number of nitrogens with one attached hydrogen (secondary N) is 2. The fourth-order valence-electron chi connectivity index (χ4n) is 3.32. The second kappa shape index (κ2) is 5.31. The summed E-state index contributed by atoms with van der Waals surface area (Å²) in [5.41, 5.74) is 0.420. The Kier molecular flexibility index (Phi) is 4.09. The van der Waals surface area contributed by atoms with Gasteiger partial charge in [0.1, 0.15) is 0 Å². The quantitative estimate of drug-likeness (QED) is 0.609. The van der Waals surface area contributed by atoms with Crippen molar-refractivity contribution in [2.24, 2.45) is 10.4 Å². The minimum Gasteiger partial charge on any atom is -0.378 e. The molecule has 2 rings (SSSR count). The molecule has 0 saturated heterocycles. The Balaban J connectivity index is 1.93. The van der Waals surface area contributed by atoms with Crippen LogP contribution < -0.4 is 10.6 Å². The van der Waals surface area contributed by atoms with Gasteiger partial charge >= 0.3 is 0 Å². The monoisotopic (exact) mass is 267 g/mol. The maximum absolute atomic E-state index is 5.88. The third-order valence-electron chi connectivity index (χ3n) is 4.47. The third-order valence-corrected chi connectivity index (χ3v) is 4.47. The van der Waals surface area contributed by atoms with Crippen LogP contribution in [-0.2, 0) is 4.74 Å². The van der Waals surface area contributed by atoms with Gasteiger partial charge in [0.25, 0.3) is 0 Å². The molecule has 4 heteroatoms. The number of aliphatic imine (C=N–C) groups is 1. The zero-order valence-corrected chi connectivity index (χ0v) is 13.0. The zero-order chi connectivity index (χ0) is 14.1. The Morgan fingerprint density at radius 2 is 2.05 bits per heavy atom. The van der Waals surface area contributed by atoms with Crippen molar-refractivity contribution in [3.63, 3.8) is 0 Å². The minimum atomic E-state index is 0.0394. The van der Waals surface area contributed by atoms with E-state index in [4.69, 9.17) is 4.74 Å². The van der Waals surface area contributed by atoms with Gasteiger partial charge < -0.3 is 15.4 Å². The van der Waals surface area contributed by atoms with Crippen molar-refractivity contribution in [3.8, 4) is 0 Å². The smallest absolute Gasteiger partial charge is 0.191 e. The van der Waals surface area contributed by atoms with E-state index in [9.17, 15) is 0 Å². The van der Waals surface area contributed by atoms with Crippen LogP contribution in [0, 0.1) is 5.41 Å². The molecule has 4 nitrogen and oxygen atoms in total. The van der Waals surface area contributed by atoms with Crippen molar-refractivity contribution in [1.29, 1.82) is 0 Å². The number of ether oxygens (including phenoxy) is 1.